The third-order valence-corrected chi connectivity index (χ3v) is 4.20. The molecule has 0 unspecified atom stereocenters. The molecule has 0 saturated carbocycles. The summed E-state index contributed by atoms with van der Waals surface area (Å²) in [5, 5.41) is 11.5. The number of nitrogens with zero attached hydrogens (tertiary/aromatic N) is 3. The van der Waals surface area contributed by atoms with E-state index in [1.165, 1.54) is 19.3 Å². The number of carbonyl (C=O) groups is 1. The molecule has 1 aliphatic heterocycles. The summed E-state index contributed by atoms with van der Waals surface area (Å²) in [6.07, 6.45) is 5.71. The fourth-order valence-corrected chi connectivity index (χ4v) is 2.91. The highest BCUT2D eigenvalue weighted by molar-refractivity contribution is 5.75. The minimum absolute atomic E-state index is 0.00142. The third kappa shape index (κ3) is 4.57. The van der Waals surface area contributed by atoms with Gasteiger partial charge in [0.1, 0.15) is 17.4 Å². The third-order valence-electron chi connectivity index (χ3n) is 4.20. The van der Waals surface area contributed by atoms with Crippen molar-refractivity contribution in [2.75, 3.05) is 13.2 Å². The molecule has 6 nitrogen and oxygen atoms in total. The minimum atomic E-state index is 0.00142. The lowest BCUT2D eigenvalue weighted by atomic mass is 10.2. The number of nitrogens with one attached hydrogen (secondary N) is 1. The van der Waals surface area contributed by atoms with Crippen LogP contribution in [0.4, 0.5) is 0 Å². The maximum Gasteiger partial charge on any atom is 0.223 e. The average molecular weight is 328 g/mol. The molecule has 24 heavy (non-hydrogen) atoms. The Labute approximate surface area is 142 Å². The Morgan fingerprint density at radius 1 is 1.17 bits per heavy atom. The molecule has 0 fully saturated rings. The summed E-state index contributed by atoms with van der Waals surface area (Å²) < 4.78 is 7.75. The van der Waals surface area contributed by atoms with E-state index in [-0.39, 0.29) is 5.91 Å². The first kappa shape index (κ1) is 16.5. The molecular weight excluding hydrogens is 304 g/mol. The van der Waals surface area contributed by atoms with Crippen molar-refractivity contribution in [1.29, 1.82) is 0 Å². The van der Waals surface area contributed by atoms with Gasteiger partial charge in [0.05, 0.1) is 13.0 Å². The molecule has 0 bridgehead atoms. The summed E-state index contributed by atoms with van der Waals surface area (Å²) in [5.74, 6) is 2.86. The Morgan fingerprint density at radius 2 is 2.04 bits per heavy atom. The number of carbonyl (C=O) groups excluding carboxylic acids is 1. The van der Waals surface area contributed by atoms with Crippen LogP contribution in [0.2, 0.25) is 0 Å². The molecule has 1 aromatic heterocycles. The number of ether oxygens (including phenoxy) is 1. The quantitative estimate of drug-likeness (QED) is 0.845. The molecule has 0 aliphatic carbocycles. The van der Waals surface area contributed by atoms with Gasteiger partial charge in [-0.05, 0) is 25.0 Å². The molecule has 2 aromatic rings. The molecule has 1 N–H and O–H groups in total. The van der Waals surface area contributed by atoms with Gasteiger partial charge in [-0.1, -0.05) is 24.6 Å². The number of hydrogen-bond acceptors (Lipinski definition) is 4. The van der Waals surface area contributed by atoms with E-state index < -0.39 is 0 Å². The lowest BCUT2D eigenvalue weighted by Crippen LogP contribution is -2.27. The molecule has 0 atom stereocenters. The summed E-state index contributed by atoms with van der Waals surface area (Å²) in [4.78, 5) is 11.9. The lowest BCUT2D eigenvalue weighted by molar-refractivity contribution is -0.121. The monoisotopic (exact) mass is 328 g/mol. The predicted molar refractivity (Wildman–Crippen MR) is 90.8 cm³/mol. The van der Waals surface area contributed by atoms with Crippen LogP contribution < -0.4 is 10.1 Å². The molecule has 0 spiro atoms. The first-order chi connectivity index (χ1) is 11.8. The standard InChI is InChI=1S/C18H24N4O2/c23-18(11-14-24-15-7-3-1-4-8-15)19-12-10-17-21-20-16-9-5-2-6-13-22(16)17/h1,3-4,7-8H,2,5-6,9-14H2,(H,19,23). The molecule has 1 aromatic carbocycles. The van der Waals surface area contributed by atoms with E-state index in [9.17, 15) is 4.79 Å². The zero-order chi connectivity index (χ0) is 16.6. The molecule has 0 radical (unpaired) electrons. The number of aromatic nitrogens is 3. The van der Waals surface area contributed by atoms with E-state index >= 15 is 0 Å². The second-order valence-electron chi connectivity index (χ2n) is 6.01. The van der Waals surface area contributed by atoms with Gasteiger partial charge in [-0.2, -0.15) is 0 Å². The number of hydrogen-bond donors (Lipinski definition) is 1. The van der Waals surface area contributed by atoms with Crippen molar-refractivity contribution in [1.82, 2.24) is 20.1 Å². The van der Waals surface area contributed by atoms with Crippen LogP contribution in [0.3, 0.4) is 0 Å². The molecule has 3 rings (SSSR count). The second kappa shape index (κ2) is 8.47. The predicted octanol–water partition coefficient (Wildman–Crippen LogP) is 2.13. The zero-order valence-electron chi connectivity index (χ0n) is 13.9. The summed E-state index contributed by atoms with van der Waals surface area (Å²) in [5.41, 5.74) is 0. The van der Waals surface area contributed by atoms with Crippen LogP contribution in [-0.2, 0) is 24.2 Å². The van der Waals surface area contributed by atoms with E-state index in [4.69, 9.17) is 4.74 Å². The number of aryl methyl sites for hydroxylation is 1. The van der Waals surface area contributed by atoms with E-state index in [1.807, 2.05) is 30.3 Å². The first-order valence-electron chi connectivity index (χ1n) is 8.68. The molecule has 1 amide bonds. The maximum atomic E-state index is 11.9. The second-order valence-corrected chi connectivity index (χ2v) is 6.01. The average Bonchev–Trinajstić information content (AvgIpc) is 2.83. The van der Waals surface area contributed by atoms with Crippen LogP contribution in [0, 0.1) is 0 Å². The largest absolute Gasteiger partial charge is 0.493 e. The lowest BCUT2D eigenvalue weighted by Gasteiger charge is -2.08. The molecule has 6 heteroatoms. The van der Waals surface area contributed by atoms with Crippen LogP contribution in [0.25, 0.3) is 0 Å². The summed E-state index contributed by atoms with van der Waals surface area (Å²) >= 11 is 0. The van der Waals surface area contributed by atoms with Crippen LogP contribution in [0.5, 0.6) is 5.75 Å². The van der Waals surface area contributed by atoms with Gasteiger partial charge < -0.3 is 14.6 Å². The fourth-order valence-electron chi connectivity index (χ4n) is 2.91. The maximum absolute atomic E-state index is 11.9. The van der Waals surface area contributed by atoms with E-state index in [0.29, 0.717) is 19.6 Å². The van der Waals surface area contributed by atoms with Gasteiger partial charge in [-0.15, -0.1) is 10.2 Å². The Bertz CT molecular complexity index is 654. The zero-order valence-corrected chi connectivity index (χ0v) is 13.9. The smallest absolute Gasteiger partial charge is 0.223 e. The molecule has 128 valence electrons. The Hall–Kier alpha value is -2.37. The topological polar surface area (TPSA) is 69.0 Å². The molecule has 0 saturated heterocycles. The highest BCUT2D eigenvalue weighted by Crippen LogP contribution is 2.14. The highest BCUT2D eigenvalue weighted by atomic mass is 16.5. The van der Waals surface area contributed by atoms with Crippen LogP contribution in [0.1, 0.15) is 37.3 Å². The number of para-hydroxylation sites is 1. The number of rotatable bonds is 7. The van der Waals surface area contributed by atoms with Gasteiger partial charge in [-0.3, -0.25) is 4.79 Å². The van der Waals surface area contributed by atoms with Gasteiger partial charge in [0.15, 0.2) is 0 Å². The van der Waals surface area contributed by atoms with Crippen LogP contribution >= 0.6 is 0 Å². The van der Waals surface area contributed by atoms with Crippen LogP contribution in [0.15, 0.2) is 30.3 Å². The van der Waals surface area contributed by atoms with Crippen molar-refractivity contribution < 1.29 is 9.53 Å². The van der Waals surface area contributed by atoms with Gasteiger partial charge >= 0.3 is 0 Å². The SMILES string of the molecule is O=C(CCOc1ccccc1)NCCc1nnc2n1CCCCC2. The first-order valence-corrected chi connectivity index (χ1v) is 8.68. The Morgan fingerprint density at radius 3 is 2.92 bits per heavy atom. The van der Waals surface area contributed by atoms with Gasteiger partial charge in [0, 0.05) is 25.9 Å². The fraction of sp³-hybridized carbons (Fsp3) is 0.500. The summed E-state index contributed by atoms with van der Waals surface area (Å²) in [6, 6.07) is 9.53. The number of amides is 1. The van der Waals surface area contributed by atoms with Crippen molar-refractivity contribution in [2.45, 2.75) is 45.1 Å². The van der Waals surface area contributed by atoms with E-state index in [0.717, 1.165) is 36.8 Å². The Kier molecular flexibility index (Phi) is 5.82. The summed E-state index contributed by atoms with van der Waals surface area (Å²) in [7, 11) is 0. The minimum Gasteiger partial charge on any atom is -0.493 e. The van der Waals surface area contributed by atoms with Gasteiger partial charge in [0.2, 0.25) is 5.91 Å². The van der Waals surface area contributed by atoms with Gasteiger partial charge in [-0.25, -0.2) is 0 Å². The van der Waals surface area contributed by atoms with Crippen molar-refractivity contribution in [3.63, 3.8) is 0 Å². The molecule has 1 aliphatic rings. The summed E-state index contributed by atoms with van der Waals surface area (Å²) in [6.45, 7) is 1.97. The normalized spacial score (nSPS) is 13.8. The Balaban J connectivity index is 1.37. The van der Waals surface area contributed by atoms with Crippen molar-refractivity contribution in [3.05, 3.63) is 42.0 Å². The van der Waals surface area contributed by atoms with Crippen molar-refractivity contribution >= 4 is 5.91 Å². The van der Waals surface area contributed by atoms with Crippen molar-refractivity contribution in [3.8, 4) is 5.75 Å². The number of benzene rings is 1. The molecular formula is C18H24N4O2. The highest BCUT2D eigenvalue weighted by Gasteiger charge is 2.14. The van der Waals surface area contributed by atoms with E-state index in [2.05, 4.69) is 20.1 Å². The number of fused-ring (bicyclic) bond motifs is 1. The van der Waals surface area contributed by atoms with Crippen molar-refractivity contribution in [2.24, 2.45) is 0 Å². The molecule has 2 heterocycles. The van der Waals surface area contributed by atoms with Gasteiger partial charge in [0.25, 0.3) is 0 Å². The van der Waals surface area contributed by atoms with Crippen LogP contribution in [-0.4, -0.2) is 33.8 Å². The van der Waals surface area contributed by atoms with E-state index in [1.54, 1.807) is 0 Å².